The molecule has 108 valence electrons. The molecule has 0 aliphatic rings. The Morgan fingerprint density at radius 1 is 1.33 bits per heavy atom. The molecule has 18 heavy (non-hydrogen) atoms. The summed E-state index contributed by atoms with van der Waals surface area (Å²) in [7, 11) is -3.43. The van der Waals surface area contributed by atoms with Crippen LogP contribution in [0.25, 0.3) is 0 Å². The summed E-state index contributed by atoms with van der Waals surface area (Å²) in [5.41, 5.74) is 5.44. The van der Waals surface area contributed by atoms with Gasteiger partial charge in [0.15, 0.2) is 0 Å². The second-order valence-electron chi connectivity index (χ2n) is 4.17. The molecule has 0 bridgehead atoms. The summed E-state index contributed by atoms with van der Waals surface area (Å²) in [6, 6.07) is 0. The Bertz CT molecular complexity index is 344. The number of sulfonamides is 1. The topological polar surface area (TPSA) is 75.4 Å². The first-order chi connectivity index (χ1) is 8.38. The van der Waals surface area contributed by atoms with Crippen molar-refractivity contribution >= 4 is 27.2 Å². The summed E-state index contributed by atoms with van der Waals surface area (Å²) < 4.78 is 26.4. The summed E-state index contributed by atoms with van der Waals surface area (Å²) in [6.45, 7) is 8.93. The van der Waals surface area contributed by atoms with E-state index in [4.69, 9.17) is 18.0 Å². The van der Waals surface area contributed by atoms with Crippen LogP contribution in [-0.4, -0.2) is 49.7 Å². The van der Waals surface area contributed by atoms with Crippen LogP contribution in [0.4, 0.5) is 0 Å². The van der Waals surface area contributed by atoms with Gasteiger partial charge in [-0.05, 0) is 25.9 Å². The summed E-state index contributed by atoms with van der Waals surface area (Å²) in [5, 5.41) is -0.770. The summed E-state index contributed by atoms with van der Waals surface area (Å²) in [4.78, 5) is 2.23. The quantitative estimate of drug-likeness (QED) is 0.580. The zero-order valence-corrected chi connectivity index (χ0v) is 13.1. The molecule has 0 saturated carbocycles. The van der Waals surface area contributed by atoms with E-state index in [1.54, 1.807) is 6.92 Å². The van der Waals surface area contributed by atoms with Crippen molar-refractivity contribution in [3.05, 3.63) is 0 Å². The van der Waals surface area contributed by atoms with E-state index in [1.807, 2.05) is 0 Å². The molecule has 1 unspecified atom stereocenters. The molecule has 0 aromatic rings. The number of hydrogen-bond donors (Lipinski definition) is 2. The Kier molecular flexibility index (Phi) is 8.67. The maximum absolute atomic E-state index is 11.9. The SMILES string of the molecule is CCCN(CC)CCNS(=O)(=O)C(CC)C(N)=S. The molecule has 0 spiro atoms. The third kappa shape index (κ3) is 6.08. The van der Waals surface area contributed by atoms with E-state index in [2.05, 4.69) is 23.5 Å². The van der Waals surface area contributed by atoms with E-state index in [9.17, 15) is 8.42 Å². The Balaban J connectivity index is 4.30. The molecule has 0 rings (SSSR count). The average Bonchev–Trinajstić information content (AvgIpc) is 2.27. The first-order valence-electron chi connectivity index (χ1n) is 6.39. The normalized spacial score (nSPS) is 13.8. The number of likely N-dealkylation sites (N-methyl/N-ethyl adjacent to an activating group) is 1. The van der Waals surface area contributed by atoms with E-state index >= 15 is 0 Å². The second kappa shape index (κ2) is 8.79. The van der Waals surface area contributed by atoms with Crippen molar-refractivity contribution in [2.45, 2.75) is 38.9 Å². The van der Waals surface area contributed by atoms with Crippen LogP contribution in [-0.2, 0) is 10.0 Å². The minimum Gasteiger partial charge on any atom is -0.392 e. The number of nitrogens with one attached hydrogen (secondary N) is 1. The highest BCUT2D eigenvalue weighted by Gasteiger charge is 2.25. The van der Waals surface area contributed by atoms with Crippen LogP contribution in [0.5, 0.6) is 0 Å². The third-order valence-electron chi connectivity index (χ3n) is 2.78. The van der Waals surface area contributed by atoms with Crippen molar-refractivity contribution in [2.75, 3.05) is 26.2 Å². The molecule has 0 radical (unpaired) electrons. The first kappa shape index (κ1) is 17.8. The number of nitrogens with two attached hydrogens (primary N) is 1. The van der Waals surface area contributed by atoms with Gasteiger partial charge in [-0.2, -0.15) is 0 Å². The van der Waals surface area contributed by atoms with Crippen molar-refractivity contribution in [3.8, 4) is 0 Å². The molecule has 0 aromatic carbocycles. The highest BCUT2D eigenvalue weighted by atomic mass is 32.2. The lowest BCUT2D eigenvalue weighted by atomic mass is 10.3. The fourth-order valence-corrected chi connectivity index (χ4v) is 3.63. The number of hydrogen-bond acceptors (Lipinski definition) is 4. The Morgan fingerprint density at radius 3 is 2.33 bits per heavy atom. The van der Waals surface area contributed by atoms with Gasteiger partial charge in [0, 0.05) is 13.1 Å². The lowest BCUT2D eigenvalue weighted by molar-refractivity contribution is 0.293. The monoisotopic (exact) mass is 295 g/mol. The number of rotatable bonds is 10. The molecule has 0 aliphatic heterocycles. The van der Waals surface area contributed by atoms with E-state index in [0.717, 1.165) is 19.5 Å². The van der Waals surface area contributed by atoms with Gasteiger partial charge in [-0.3, -0.25) is 0 Å². The minimum atomic E-state index is -3.43. The smallest absolute Gasteiger partial charge is 0.221 e. The molecular formula is C11H25N3O2S2. The largest absolute Gasteiger partial charge is 0.392 e. The molecule has 7 heteroatoms. The van der Waals surface area contributed by atoms with Crippen LogP contribution < -0.4 is 10.5 Å². The molecule has 1 atom stereocenters. The molecule has 0 heterocycles. The van der Waals surface area contributed by atoms with Crippen molar-refractivity contribution in [2.24, 2.45) is 5.73 Å². The van der Waals surface area contributed by atoms with Crippen LogP contribution in [0.3, 0.4) is 0 Å². The summed E-state index contributed by atoms with van der Waals surface area (Å²) in [6.07, 6.45) is 1.46. The van der Waals surface area contributed by atoms with E-state index in [1.165, 1.54) is 0 Å². The Hall–Kier alpha value is -0.240. The van der Waals surface area contributed by atoms with Crippen LogP contribution in [0.1, 0.15) is 33.6 Å². The summed E-state index contributed by atoms with van der Waals surface area (Å²) >= 11 is 4.78. The molecule has 3 N–H and O–H groups in total. The van der Waals surface area contributed by atoms with Crippen molar-refractivity contribution in [1.29, 1.82) is 0 Å². The zero-order valence-electron chi connectivity index (χ0n) is 11.5. The molecule has 0 saturated heterocycles. The minimum absolute atomic E-state index is 0.0332. The fourth-order valence-electron chi connectivity index (χ4n) is 1.76. The predicted molar refractivity (Wildman–Crippen MR) is 80.2 cm³/mol. The molecule has 0 fully saturated rings. The van der Waals surface area contributed by atoms with Gasteiger partial charge in [0.2, 0.25) is 10.0 Å². The van der Waals surface area contributed by atoms with Crippen LogP contribution in [0.15, 0.2) is 0 Å². The van der Waals surface area contributed by atoms with Crippen LogP contribution >= 0.6 is 12.2 Å². The lowest BCUT2D eigenvalue weighted by Gasteiger charge is -2.21. The number of nitrogens with zero attached hydrogens (tertiary/aromatic N) is 1. The van der Waals surface area contributed by atoms with Crippen LogP contribution in [0.2, 0.25) is 0 Å². The molecule has 0 aromatic heterocycles. The van der Waals surface area contributed by atoms with Gasteiger partial charge in [-0.25, -0.2) is 13.1 Å². The Labute approximate surface area is 116 Å². The van der Waals surface area contributed by atoms with Crippen molar-refractivity contribution in [3.63, 3.8) is 0 Å². The fraction of sp³-hybridized carbons (Fsp3) is 0.909. The molecular weight excluding hydrogens is 270 g/mol. The Morgan fingerprint density at radius 2 is 1.94 bits per heavy atom. The molecule has 0 amide bonds. The molecule has 0 aliphatic carbocycles. The standard InChI is InChI=1S/C11H25N3O2S2/c1-4-8-14(6-3)9-7-13-18(15,16)10(5-2)11(12)17/h10,13H,4-9H2,1-3H3,(H2,12,17). The summed E-state index contributed by atoms with van der Waals surface area (Å²) in [5.74, 6) is 0. The van der Waals surface area contributed by atoms with E-state index < -0.39 is 15.3 Å². The second-order valence-corrected chi connectivity index (χ2v) is 6.59. The highest BCUT2D eigenvalue weighted by molar-refractivity contribution is 7.93. The lowest BCUT2D eigenvalue weighted by Crippen LogP contribution is -2.44. The number of thiocarbonyl (C=S) groups is 1. The van der Waals surface area contributed by atoms with Gasteiger partial charge < -0.3 is 10.6 Å². The van der Waals surface area contributed by atoms with Gasteiger partial charge in [0.1, 0.15) is 5.25 Å². The van der Waals surface area contributed by atoms with Gasteiger partial charge in [-0.1, -0.05) is 33.0 Å². The van der Waals surface area contributed by atoms with E-state index in [-0.39, 0.29) is 4.99 Å². The average molecular weight is 295 g/mol. The first-order valence-corrected chi connectivity index (χ1v) is 8.34. The highest BCUT2D eigenvalue weighted by Crippen LogP contribution is 2.04. The predicted octanol–water partition coefficient (Wildman–Crippen LogP) is 0.702. The van der Waals surface area contributed by atoms with E-state index in [0.29, 0.717) is 19.5 Å². The van der Waals surface area contributed by atoms with Crippen molar-refractivity contribution < 1.29 is 8.42 Å². The maximum atomic E-state index is 11.9. The van der Waals surface area contributed by atoms with Gasteiger partial charge >= 0.3 is 0 Å². The zero-order chi connectivity index (χ0) is 14.2. The van der Waals surface area contributed by atoms with Crippen molar-refractivity contribution in [1.82, 2.24) is 9.62 Å². The maximum Gasteiger partial charge on any atom is 0.221 e. The third-order valence-corrected chi connectivity index (χ3v) is 5.16. The van der Waals surface area contributed by atoms with Gasteiger partial charge in [0.05, 0.1) is 4.99 Å². The van der Waals surface area contributed by atoms with Gasteiger partial charge in [0.25, 0.3) is 0 Å². The van der Waals surface area contributed by atoms with Gasteiger partial charge in [-0.15, -0.1) is 0 Å². The van der Waals surface area contributed by atoms with Crippen LogP contribution in [0, 0.1) is 0 Å². The molecule has 5 nitrogen and oxygen atoms in total.